The minimum absolute atomic E-state index is 0.0542. The van der Waals surface area contributed by atoms with E-state index in [1.54, 1.807) is 6.92 Å². The zero-order chi connectivity index (χ0) is 13.1. The highest BCUT2D eigenvalue weighted by molar-refractivity contribution is 14.1. The van der Waals surface area contributed by atoms with E-state index in [9.17, 15) is 9.59 Å². The van der Waals surface area contributed by atoms with Gasteiger partial charge < -0.3 is 5.32 Å². The summed E-state index contributed by atoms with van der Waals surface area (Å²) in [7, 11) is 0. The molecule has 1 aliphatic carbocycles. The van der Waals surface area contributed by atoms with Gasteiger partial charge in [0.1, 0.15) is 6.54 Å². The number of aryl methyl sites for hydroxylation is 1. The first-order chi connectivity index (χ1) is 8.58. The standard InChI is InChI=1S/C12H16IN3O2/c1-8-11(13)12(18)16(7-14-8)6-10(17)15-9-4-2-3-5-9/h7,9H,2-6H2,1H3,(H,15,17). The van der Waals surface area contributed by atoms with Crippen molar-refractivity contribution in [3.05, 3.63) is 25.9 Å². The summed E-state index contributed by atoms with van der Waals surface area (Å²) in [5.41, 5.74) is 0.553. The molecule has 1 heterocycles. The molecule has 5 nitrogen and oxygen atoms in total. The Morgan fingerprint density at radius 1 is 1.56 bits per heavy atom. The van der Waals surface area contributed by atoms with Crippen molar-refractivity contribution < 1.29 is 4.79 Å². The number of halogens is 1. The van der Waals surface area contributed by atoms with Crippen LogP contribution in [0.2, 0.25) is 0 Å². The van der Waals surface area contributed by atoms with Gasteiger partial charge in [-0.1, -0.05) is 12.8 Å². The van der Waals surface area contributed by atoms with Crippen LogP contribution in [-0.2, 0) is 11.3 Å². The number of nitrogens with one attached hydrogen (secondary N) is 1. The van der Waals surface area contributed by atoms with Crippen LogP contribution in [0.3, 0.4) is 0 Å². The molecule has 1 fully saturated rings. The molecule has 0 aliphatic heterocycles. The summed E-state index contributed by atoms with van der Waals surface area (Å²) in [6, 6.07) is 0.283. The summed E-state index contributed by atoms with van der Waals surface area (Å²) >= 11 is 1.96. The zero-order valence-corrected chi connectivity index (χ0v) is 12.4. The van der Waals surface area contributed by atoms with Crippen LogP contribution in [0.4, 0.5) is 0 Å². The molecule has 98 valence electrons. The fourth-order valence-corrected chi connectivity index (χ4v) is 2.61. The Morgan fingerprint density at radius 2 is 2.22 bits per heavy atom. The molecule has 1 saturated carbocycles. The van der Waals surface area contributed by atoms with Crippen LogP contribution in [0.5, 0.6) is 0 Å². The van der Waals surface area contributed by atoms with Crippen molar-refractivity contribution in [2.24, 2.45) is 0 Å². The summed E-state index contributed by atoms with van der Waals surface area (Å²) in [5.74, 6) is -0.106. The average molecular weight is 361 g/mol. The van der Waals surface area contributed by atoms with E-state index in [2.05, 4.69) is 10.3 Å². The highest BCUT2D eigenvalue weighted by atomic mass is 127. The summed E-state index contributed by atoms with van der Waals surface area (Å²) in [6.45, 7) is 1.84. The average Bonchev–Trinajstić information content (AvgIpc) is 2.83. The van der Waals surface area contributed by atoms with Crippen LogP contribution in [0.25, 0.3) is 0 Å². The second-order valence-corrected chi connectivity index (χ2v) is 5.70. The molecule has 0 unspecified atom stereocenters. The Morgan fingerprint density at radius 3 is 2.89 bits per heavy atom. The van der Waals surface area contributed by atoms with Gasteiger partial charge in [-0.05, 0) is 42.4 Å². The van der Waals surface area contributed by atoms with Gasteiger partial charge in [0.2, 0.25) is 5.91 Å². The van der Waals surface area contributed by atoms with Crippen molar-refractivity contribution in [2.45, 2.75) is 45.2 Å². The smallest absolute Gasteiger partial charge is 0.267 e. The van der Waals surface area contributed by atoms with Gasteiger partial charge in [-0.25, -0.2) is 4.98 Å². The molecule has 1 aromatic heterocycles. The zero-order valence-electron chi connectivity index (χ0n) is 10.3. The SMILES string of the molecule is Cc1ncn(CC(=O)NC2CCCC2)c(=O)c1I. The molecule has 0 radical (unpaired) electrons. The largest absolute Gasteiger partial charge is 0.352 e. The normalized spacial score (nSPS) is 15.9. The molecule has 2 rings (SSSR count). The maximum atomic E-state index is 11.9. The summed E-state index contributed by atoms with van der Waals surface area (Å²) in [5, 5.41) is 2.96. The van der Waals surface area contributed by atoms with Gasteiger partial charge in [0.15, 0.2) is 0 Å². The molecular formula is C12H16IN3O2. The van der Waals surface area contributed by atoms with E-state index in [0.29, 0.717) is 9.26 Å². The summed E-state index contributed by atoms with van der Waals surface area (Å²) in [6.07, 6.45) is 5.88. The maximum absolute atomic E-state index is 11.9. The van der Waals surface area contributed by atoms with E-state index in [4.69, 9.17) is 0 Å². The minimum atomic E-state index is -0.148. The minimum Gasteiger partial charge on any atom is -0.352 e. The van der Waals surface area contributed by atoms with E-state index in [1.807, 2.05) is 22.6 Å². The molecule has 6 heteroatoms. The Bertz CT molecular complexity index is 507. The first kappa shape index (κ1) is 13.5. The van der Waals surface area contributed by atoms with E-state index < -0.39 is 0 Å². The molecule has 0 saturated heterocycles. The second kappa shape index (κ2) is 5.81. The quantitative estimate of drug-likeness (QED) is 0.824. The van der Waals surface area contributed by atoms with E-state index in [-0.39, 0.29) is 24.1 Å². The Hall–Kier alpha value is -0.920. The molecule has 1 N–H and O–H groups in total. The number of hydrogen-bond acceptors (Lipinski definition) is 3. The monoisotopic (exact) mass is 361 g/mol. The maximum Gasteiger partial charge on any atom is 0.267 e. The van der Waals surface area contributed by atoms with Crippen molar-refractivity contribution in [1.29, 1.82) is 0 Å². The van der Waals surface area contributed by atoms with Gasteiger partial charge in [0, 0.05) is 6.04 Å². The predicted octanol–water partition coefficient (Wildman–Crippen LogP) is 1.22. The van der Waals surface area contributed by atoms with Crippen molar-refractivity contribution in [2.75, 3.05) is 0 Å². The van der Waals surface area contributed by atoms with Crippen LogP contribution < -0.4 is 10.9 Å². The number of rotatable bonds is 3. The molecule has 0 aromatic carbocycles. The molecule has 0 atom stereocenters. The highest BCUT2D eigenvalue weighted by Gasteiger charge is 2.17. The van der Waals surface area contributed by atoms with Crippen LogP contribution in [0, 0.1) is 10.5 Å². The van der Waals surface area contributed by atoms with Gasteiger partial charge in [-0.3, -0.25) is 14.2 Å². The first-order valence-electron chi connectivity index (χ1n) is 6.09. The lowest BCUT2D eigenvalue weighted by molar-refractivity contribution is -0.122. The number of carbonyl (C=O) groups excluding carboxylic acids is 1. The second-order valence-electron chi connectivity index (χ2n) is 4.63. The fourth-order valence-electron chi connectivity index (χ4n) is 2.16. The van der Waals surface area contributed by atoms with E-state index >= 15 is 0 Å². The van der Waals surface area contributed by atoms with Gasteiger partial charge in [-0.15, -0.1) is 0 Å². The Balaban J connectivity index is 2.03. The third-order valence-electron chi connectivity index (χ3n) is 3.19. The molecule has 1 aromatic rings. The van der Waals surface area contributed by atoms with Crippen molar-refractivity contribution in [1.82, 2.24) is 14.9 Å². The molecule has 0 spiro atoms. The Labute approximate surface area is 119 Å². The first-order valence-corrected chi connectivity index (χ1v) is 7.16. The number of amides is 1. The molecule has 18 heavy (non-hydrogen) atoms. The molecule has 1 amide bonds. The van der Waals surface area contributed by atoms with Crippen molar-refractivity contribution >= 4 is 28.5 Å². The topological polar surface area (TPSA) is 64.0 Å². The number of carbonyl (C=O) groups is 1. The van der Waals surface area contributed by atoms with Gasteiger partial charge >= 0.3 is 0 Å². The van der Waals surface area contributed by atoms with E-state index in [0.717, 1.165) is 12.8 Å². The van der Waals surface area contributed by atoms with Crippen molar-refractivity contribution in [3.8, 4) is 0 Å². The van der Waals surface area contributed by atoms with Crippen LogP contribution >= 0.6 is 22.6 Å². The lowest BCUT2D eigenvalue weighted by Gasteiger charge is -2.12. The lowest BCUT2D eigenvalue weighted by Crippen LogP contribution is -2.38. The summed E-state index contributed by atoms with van der Waals surface area (Å²) in [4.78, 5) is 27.8. The fraction of sp³-hybridized carbons (Fsp3) is 0.583. The molecule has 0 bridgehead atoms. The van der Waals surface area contributed by atoms with Crippen LogP contribution in [0.15, 0.2) is 11.1 Å². The van der Waals surface area contributed by atoms with Gasteiger partial charge in [0.05, 0.1) is 15.6 Å². The number of nitrogens with zero attached hydrogens (tertiary/aromatic N) is 2. The van der Waals surface area contributed by atoms with Crippen molar-refractivity contribution in [3.63, 3.8) is 0 Å². The molecular weight excluding hydrogens is 345 g/mol. The Kier molecular flexibility index (Phi) is 4.36. The predicted molar refractivity (Wildman–Crippen MR) is 76.3 cm³/mol. The third-order valence-corrected chi connectivity index (χ3v) is 4.43. The third kappa shape index (κ3) is 3.09. The van der Waals surface area contributed by atoms with Gasteiger partial charge in [-0.2, -0.15) is 0 Å². The summed E-state index contributed by atoms with van der Waals surface area (Å²) < 4.78 is 1.93. The van der Waals surface area contributed by atoms with Crippen LogP contribution in [0.1, 0.15) is 31.4 Å². The number of aromatic nitrogens is 2. The van der Waals surface area contributed by atoms with E-state index in [1.165, 1.54) is 23.7 Å². The lowest BCUT2D eigenvalue weighted by atomic mass is 10.2. The van der Waals surface area contributed by atoms with Gasteiger partial charge in [0.25, 0.3) is 5.56 Å². The van der Waals surface area contributed by atoms with Crippen LogP contribution in [-0.4, -0.2) is 21.5 Å². The highest BCUT2D eigenvalue weighted by Crippen LogP contribution is 2.17. The number of hydrogen-bond donors (Lipinski definition) is 1. The molecule has 1 aliphatic rings.